The molecular weight excluding hydrogens is 210 g/mol. The molecule has 0 saturated carbocycles. The minimum Gasteiger partial charge on any atom is -0.392 e. The summed E-state index contributed by atoms with van der Waals surface area (Å²) < 4.78 is 4.87. The van der Waals surface area contributed by atoms with Crippen molar-refractivity contribution in [2.75, 3.05) is 25.0 Å². The van der Waals surface area contributed by atoms with E-state index in [1.165, 1.54) is 0 Å². The lowest BCUT2D eigenvalue weighted by atomic mass is 10.3. The molecule has 1 amide bonds. The Morgan fingerprint density at radius 1 is 1.81 bits per heavy atom. The molecule has 88 valence electrons. The quantitative estimate of drug-likeness (QED) is 0.756. The van der Waals surface area contributed by atoms with Crippen molar-refractivity contribution in [1.82, 2.24) is 10.1 Å². The molecule has 1 fully saturated rings. The normalized spacial score (nSPS) is 21.2. The molecule has 1 aliphatic rings. The molecule has 2 N–H and O–H groups in total. The first-order valence-corrected chi connectivity index (χ1v) is 5.27. The van der Waals surface area contributed by atoms with Gasteiger partial charge in [0.2, 0.25) is 11.8 Å². The Morgan fingerprint density at radius 2 is 2.62 bits per heavy atom. The van der Waals surface area contributed by atoms with E-state index in [9.17, 15) is 9.90 Å². The molecule has 0 spiro atoms. The predicted octanol–water partition coefficient (Wildman–Crippen LogP) is -0.0119. The van der Waals surface area contributed by atoms with Crippen LogP contribution >= 0.6 is 0 Å². The second-order valence-corrected chi connectivity index (χ2v) is 4.06. The topological polar surface area (TPSA) is 78.6 Å². The zero-order valence-electron chi connectivity index (χ0n) is 9.14. The summed E-state index contributed by atoms with van der Waals surface area (Å²) in [5.41, 5.74) is 0.729. The van der Waals surface area contributed by atoms with Crippen LogP contribution < -0.4 is 5.32 Å². The van der Waals surface area contributed by atoms with Crippen LogP contribution in [0.1, 0.15) is 12.1 Å². The molecule has 0 bridgehead atoms. The fourth-order valence-corrected chi connectivity index (χ4v) is 1.76. The number of nitrogens with zero attached hydrogens (tertiary/aromatic N) is 2. The van der Waals surface area contributed by atoms with Crippen molar-refractivity contribution in [2.24, 2.45) is 0 Å². The van der Waals surface area contributed by atoms with Gasteiger partial charge in [0.25, 0.3) is 0 Å². The van der Waals surface area contributed by atoms with E-state index in [0.29, 0.717) is 12.4 Å². The van der Waals surface area contributed by atoms with Gasteiger partial charge in [-0.1, -0.05) is 5.16 Å². The first kappa shape index (κ1) is 11.1. The number of aliphatic hydroxyl groups is 1. The summed E-state index contributed by atoms with van der Waals surface area (Å²) in [6, 6.07) is 1.66. The average molecular weight is 225 g/mol. The molecule has 0 aromatic carbocycles. The molecule has 0 aliphatic carbocycles. The minimum absolute atomic E-state index is 0.148. The highest BCUT2D eigenvalue weighted by atomic mass is 16.5. The van der Waals surface area contributed by atoms with Crippen LogP contribution in [0.2, 0.25) is 0 Å². The average Bonchev–Trinajstić information content (AvgIpc) is 2.76. The number of hydrogen-bond donors (Lipinski definition) is 2. The number of β-amino-alcohol motifs (C(OH)–C–C–N with tert-alkyl or cyclic N) is 1. The van der Waals surface area contributed by atoms with Crippen LogP contribution in [0.3, 0.4) is 0 Å². The summed E-state index contributed by atoms with van der Waals surface area (Å²) in [5.74, 6) is 0.215. The van der Waals surface area contributed by atoms with Crippen molar-refractivity contribution < 1.29 is 14.4 Å². The highest BCUT2D eigenvalue weighted by molar-refractivity contribution is 5.90. The lowest BCUT2D eigenvalue weighted by molar-refractivity contribution is -0.117. The Bertz CT molecular complexity index is 377. The van der Waals surface area contributed by atoms with Crippen LogP contribution in [0.25, 0.3) is 0 Å². The summed E-state index contributed by atoms with van der Waals surface area (Å²) in [7, 11) is 0. The van der Waals surface area contributed by atoms with E-state index in [2.05, 4.69) is 10.5 Å². The van der Waals surface area contributed by atoms with Gasteiger partial charge >= 0.3 is 0 Å². The van der Waals surface area contributed by atoms with Gasteiger partial charge < -0.3 is 9.63 Å². The minimum atomic E-state index is -0.305. The molecule has 2 rings (SSSR count). The van der Waals surface area contributed by atoms with Gasteiger partial charge in [0.15, 0.2) is 0 Å². The van der Waals surface area contributed by atoms with E-state index in [0.717, 1.165) is 18.7 Å². The van der Waals surface area contributed by atoms with Gasteiger partial charge in [0, 0.05) is 19.2 Å². The van der Waals surface area contributed by atoms with Crippen molar-refractivity contribution in [3.63, 3.8) is 0 Å². The molecule has 16 heavy (non-hydrogen) atoms. The Morgan fingerprint density at radius 3 is 3.19 bits per heavy atom. The molecule has 1 atom stereocenters. The molecule has 1 aromatic heterocycles. The third-order valence-corrected chi connectivity index (χ3v) is 2.51. The highest BCUT2D eigenvalue weighted by Gasteiger charge is 2.22. The van der Waals surface area contributed by atoms with Gasteiger partial charge in [-0.15, -0.1) is 0 Å². The number of likely N-dealkylation sites (tertiary alicyclic amines) is 1. The molecule has 2 heterocycles. The third kappa shape index (κ3) is 2.80. The second-order valence-electron chi connectivity index (χ2n) is 4.06. The van der Waals surface area contributed by atoms with Crippen molar-refractivity contribution in [3.05, 3.63) is 11.8 Å². The monoisotopic (exact) mass is 225 g/mol. The summed E-state index contributed by atoms with van der Waals surface area (Å²) >= 11 is 0. The number of nitrogens with one attached hydrogen (secondary N) is 1. The second kappa shape index (κ2) is 4.63. The van der Waals surface area contributed by atoms with Gasteiger partial charge in [0.1, 0.15) is 0 Å². The van der Waals surface area contributed by atoms with E-state index in [1.54, 1.807) is 13.0 Å². The molecule has 6 heteroatoms. The van der Waals surface area contributed by atoms with E-state index >= 15 is 0 Å². The largest absolute Gasteiger partial charge is 0.392 e. The fourth-order valence-electron chi connectivity index (χ4n) is 1.76. The SMILES string of the molecule is Cc1cc(NC(=O)CN2CCC(O)C2)on1. The molecule has 1 saturated heterocycles. The number of carbonyl (C=O) groups is 1. The summed E-state index contributed by atoms with van der Waals surface area (Å²) in [5, 5.41) is 15.6. The fraction of sp³-hybridized carbons (Fsp3) is 0.600. The Kier molecular flexibility index (Phi) is 3.21. The van der Waals surface area contributed by atoms with Crippen LogP contribution in [0.4, 0.5) is 5.88 Å². The summed E-state index contributed by atoms with van der Waals surface area (Å²) in [6.45, 7) is 3.37. The molecule has 6 nitrogen and oxygen atoms in total. The molecule has 0 radical (unpaired) electrons. The standard InChI is InChI=1S/C10H15N3O3/c1-7-4-10(16-12-7)11-9(15)6-13-3-2-8(14)5-13/h4,8,14H,2-3,5-6H2,1H3,(H,11,15). The highest BCUT2D eigenvalue weighted by Crippen LogP contribution is 2.10. The Hall–Kier alpha value is -1.40. The molecule has 1 unspecified atom stereocenters. The number of anilines is 1. The number of carbonyl (C=O) groups excluding carboxylic acids is 1. The van der Waals surface area contributed by atoms with Crippen LogP contribution in [0.5, 0.6) is 0 Å². The Balaban J connectivity index is 1.80. The zero-order chi connectivity index (χ0) is 11.5. The van der Waals surface area contributed by atoms with Gasteiger partial charge in [-0.25, -0.2) is 0 Å². The number of hydrogen-bond acceptors (Lipinski definition) is 5. The first-order chi connectivity index (χ1) is 7.63. The number of amides is 1. The van der Waals surface area contributed by atoms with E-state index in [4.69, 9.17) is 4.52 Å². The van der Waals surface area contributed by atoms with Gasteiger partial charge in [-0.3, -0.25) is 15.0 Å². The van der Waals surface area contributed by atoms with E-state index in [1.807, 2.05) is 4.90 Å². The molecule has 1 aromatic rings. The summed E-state index contributed by atoms with van der Waals surface area (Å²) in [4.78, 5) is 13.5. The maximum absolute atomic E-state index is 11.6. The number of aliphatic hydroxyl groups excluding tert-OH is 1. The van der Waals surface area contributed by atoms with Crippen LogP contribution in [0, 0.1) is 6.92 Å². The molecular formula is C10H15N3O3. The molecule has 1 aliphatic heterocycles. The van der Waals surface area contributed by atoms with Crippen molar-refractivity contribution in [2.45, 2.75) is 19.4 Å². The van der Waals surface area contributed by atoms with Crippen molar-refractivity contribution in [3.8, 4) is 0 Å². The zero-order valence-corrected chi connectivity index (χ0v) is 9.14. The van der Waals surface area contributed by atoms with Crippen LogP contribution in [-0.2, 0) is 4.79 Å². The predicted molar refractivity (Wildman–Crippen MR) is 56.9 cm³/mol. The van der Waals surface area contributed by atoms with Crippen molar-refractivity contribution in [1.29, 1.82) is 0 Å². The van der Waals surface area contributed by atoms with Gasteiger partial charge in [0.05, 0.1) is 18.3 Å². The Labute approximate surface area is 93.2 Å². The van der Waals surface area contributed by atoms with E-state index < -0.39 is 0 Å². The van der Waals surface area contributed by atoms with Crippen molar-refractivity contribution >= 4 is 11.8 Å². The van der Waals surface area contributed by atoms with Gasteiger partial charge in [-0.05, 0) is 13.3 Å². The number of aryl methyl sites for hydroxylation is 1. The lowest BCUT2D eigenvalue weighted by Crippen LogP contribution is -2.32. The van der Waals surface area contributed by atoms with E-state index in [-0.39, 0.29) is 18.6 Å². The smallest absolute Gasteiger partial charge is 0.240 e. The maximum Gasteiger partial charge on any atom is 0.240 e. The number of rotatable bonds is 3. The lowest BCUT2D eigenvalue weighted by Gasteiger charge is -2.13. The van der Waals surface area contributed by atoms with Crippen LogP contribution in [0.15, 0.2) is 10.6 Å². The summed E-state index contributed by atoms with van der Waals surface area (Å²) in [6.07, 6.45) is 0.426. The number of aromatic nitrogens is 1. The maximum atomic E-state index is 11.6. The first-order valence-electron chi connectivity index (χ1n) is 5.27. The third-order valence-electron chi connectivity index (χ3n) is 2.51. The van der Waals surface area contributed by atoms with Gasteiger partial charge in [-0.2, -0.15) is 0 Å². The van der Waals surface area contributed by atoms with Crippen LogP contribution in [-0.4, -0.2) is 46.8 Å².